The molecule has 1 aromatic carbocycles. The summed E-state index contributed by atoms with van der Waals surface area (Å²) in [5, 5.41) is 2.73. The molecule has 0 fully saturated rings. The number of ether oxygens (including phenoxy) is 2. The topological polar surface area (TPSA) is 64.6 Å². The third-order valence-corrected chi connectivity index (χ3v) is 2.81. The lowest BCUT2D eigenvalue weighted by Gasteiger charge is -2.12. The zero-order valence-corrected chi connectivity index (χ0v) is 12.4. The van der Waals surface area contributed by atoms with E-state index in [0.29, 0.717) is 0 Å². The molecule has 0 aliphatic carbocycles. The predicted molar refractivity (Wildman–Crippen MR) is 81.0 cm³/mol. The van der Waals surface area contributed by atoms with Crippen LogP contribution in [0.1, 0.15) is 19.4 Å². The van der Waals surface area contributed by atoms with E-state index in [1.807, 2.05) is 31.2 Å². The molecular formula is C16H21NO4. The molecular weight excluding hydrogens is 270 g/mol. The Labute approximate surface area is 124 Å². The van der Waals surface area contributed by atoms with Crippen molar-refractivity contribution >= 4 is 17.6 Å². The molecule has 0 radical (unpaired) electrons. The highest BCUT2D eigenvalue weighted by molar-refractivity contribution is 5.93. The summed E-state index contributed by atoms with van der Waals surface area (Å²) in [5.74, 6) is -0.948. The number of para-hydroxylation sites is 1. The van der Waals surface area contributed by atoms with Crippen molar-refractivity contribution in [3.63, 3.8) is 0 Å². The van der Waals surface area contributed by atoms with Gasteiger partial charge in [0, 0.05) is 5.69 Å². The van der Waals surface area contributed by atoms with Crippen LogP contribution >= 0.6 is 0 Å². The second kappa shape index (κ2) is 8.92. The molecule has 0 heterocycles. The van der Waals surface area contributed by atoms with Crippen molar-refractivity contribution < 1.29 is 19.1 Å². The average Bonchev–Trinajstić information content (AvgIpc) is 2.50. The van der Waals surface area contributed by atoms with Crippen LogP contribution < -0.4 is 5.32 Å². The Hall–Kier alpha value is -2.14. The van der Waals surface area contributed by atoms with Gasteiger partial charge in [-0.25, -0.2) is 4.79 Å². The van der Waals surface area contributed by atoms with Gasteiger partial charge in [0.05, 0.1) is 6.61 Å². The van der Waals surface area contributed by atoms with Crippen molar-refractivity contribution in [2.24, 2.45) is 0 Å². The molecule has 1 atom stereocenters. The number of carbonyl (C=O) groups is 2. The normalized spacial score (nSPS) is 11.5. The van der Waals surface area contributed by atoms with Gasteiger partial charge in [-0.1, -0.05) is 31.2 Å². The van der Waals surface area contributed by atoms with Crippen molar-refractivity contribution in [2.45, 2.75) is 26.4 Å². The van der Waals surface area contributed by atoms with Crippen LogP contribution in [-0.4, -0.2) is 31.2 Å². The lowest BCUT2D eigenvalue weighted by Crippen LogP contribution is -2.28. The predicted octanol–water partition coefficient (Wildman–Crippen LogP) is 2.32. The maximum atomic E-state index is 11.8. The Bertz CT molecular complexity index is 499. The van der Waals surface area contributed by atoms with E-state index < -0.39 is 12.1 Å². The Kier molecular flexibility index (Phi) is 7.18. The highest BCUT2D eigenvalue weighted by Gasteiger charge is 2.16. The largest absolute Gasteiger partial charge is 0.454 e. The van der Waals surface area contributed by atoms with E-state index >= 15 is 0 Å². The third-order valence-electron chi connectivity index (χ3n) is 2.81. The Morgan fingerprint density at radius 1 is 1.38 bits per heavy atom. The number of benzene rings is 1. The van der Waals surface area contributed by atoms with Crippen molar-refractivity contribution in [3.8, 4) is 0 Å². The number of hydrogen-bond acceptors (Lipinski definition) is 4. The van der Waals surface area contributed by atoms with Crippen LogP contribution in [0.5, 0.6) is 0 Å². The van der Waals surface area contributed by atoms with Gasteiger partial charge < -0.3 is 14.8 Å². The number of aryl methyl sites for hydroxylation is 1. The zero-order chi connectivity index (χ0) is 15.7. The number of carbonyl (C=O) groups excluding carboxylic acids is 2. The maximum Gasteiger partial charge on any atom is 0.335 e. The molecule has 5 heteroatoms. The number of rotatable bonds is 8. The fraction of sp³-hybridized carbons (Fsp3) is 0.375. The summed E-state index contributed by atoms with van der Waals surface area (Å²) < 4.78 is 10.0. The highest BCUT2D eigenvalue weighted by atomic mass is 16.6. The Balaban J connectivity index is 2.43. The van der Waals surface area contributed by atoms with Gasteiger partial charge in [-0.15, -0.1) is 6.58 Å². The van der Waals surface area contributed by atoms with Crippen molar-refractivity contribution in [2.75, 3.05) is 18.5 Å². The van der Waals surface area contributed by atoms with Gasteiger partial charge in [0.1, 0.15) is 0 Å². The second-order valence-electron chi connectivity index (χ2n) is 4.43. The fourth-order valence-electron chi connectivity index (χ4n) is 1.67. The van der Waals surface area contributed by atoms with Crippen LogP contribution in [0.4, 0.5) is 5.69 Å². The van der Waals surface area contributed by atoms with Gasteiger partial charge in [0.2, 0.25) is 0 Å². The molecule has 1 amide bonds. The van der Waals surface area contributed by atoms with Gasteiger partial charge >= 0.3 is 5.97 Å². The number of nitrogens with one attached hydrogen (secondary N) is 1. The Morgan fingerprint density at radius 2 is 2.10 bits per heavy atom. The van der Waals surface area contributed by atoms with Gasteiger partial charge in [-0.3, -0.25) is 4.79 Å². The molecule has 1 aromatic rings. The smallest absolute Gasteiger partial charge is 0.335 e. The van der Waals surface area contributed by atoms with Crippen molar-refractivity contribution in [1.82, 2.24) is 0 Å². The molecule has 0 aromatic heterocycles. The first-order valence-corrected chi connectivity index (χ1v) is 6.85. The fourth-order valence-corrected chi connectivity index (χ4v) is 1.67. The standard InChI is InChI=1S/C16H21NO4/c1-4-10-20-12(3)16(19)21-11-15(18)17-14-9-7-6-8-13(14)5-2/h4,6-9,12H,1,5,10-11H2,2-3H3,(H,17,18). The Morgan fingerprint density at radius 3 is 2.76 bits per heavy atom. The van der Waals surface area contributed by atoms with E-state index in [4.69, 9.17) is 9.47 Å². The molecule has 1 N–H and O–H groups in total. The summed E-state index contributed by atoms with van der Waals surface area (Å²) in [7, 11) is 0. The first-order chi connectivity index (χ1) is 10.1. The van der Waals surface area contributed by atoms with Crippen LogP contribution in [0.25, 0.3) is 0 Å². The summed E-state index contributed by atoms with van der Waals surface area (Å²) in [4.78, 5) is 23.3. The lowest BCUT2D eigenvalue weighted by atomic mass is 10.1. The number of anilines is 1. The van der Waals surface area contributed by atoms with Crippen LogP contribution in [0.2, 0.25) is 0 Å². The van der Waals surface area contributed by atoms with Crippen molar-refractivity contribution in [1.29, 1.82) is 0 Å². The van der Waals surface area contributed by atoms with Gasteiger partial charge in [0.15, 0.2) is 12.7 Å². The number of hydrogen-bond donors (Lipinski definition) is 1. The molecule has 1 rings (SSSR count). The van der Waals surface area contributed by atoms with Crippen molar-refractivity contribution in [3.05, 3.63) is 42.5 Å². The van der Waals surface area contributed by atoms with Crippen LogP contribution in [0.15, 0.2) is 36.9 Å². The minimum absolute atomic E-state index is 0.256. The molecule has 5 nitrogen and oxygen atoms in total. The molecule has 1 unspecified atom stereocenters. The molecule has 0 bridgehead atoms. The molecule has 0 spiro atoms. The van der Waals surface area contributed by atoms with Gasteiger partial charge in [-0.05, 0) is 25.0 Å². The molecule has 21 heavy (non-hydrogen) atoms. The first kappa shape index (κ1) is 16.9. The minimum Gasteiger partial charge on any atom is -0.454 e. The summed E-state index contributed by atoms with van der Waals surface area (Å²) in [6, 6.07) is 7.50. The van der Waals surface area contributed by atoms with E-state index in [9.17, 15) is 9.59 Å². The summed E-state index contributed by atoms with van der Waals surface area (Å²) in [6.07, 6.45) is 1.62. The molecule has 0 saturated heterocycles. The van der Waals surface area contributed by atoms with Gasteiger partial charge in [0.25, 0.3) is 5.91 Å². The average molecular weight is 291 g/mol. The molecule has 0 aliphatic heterocycles. The van der Waals surface area contributed by atoms with Crippen LogP contribution in [0.3, 0.4) is 0 Å². The van der Waals surface area contributed by atoms with E-state index in [2.05, 4.69) is 11.9 Å². The van der Waals surface area contributed by atoms with Crippen LogP contribution in [0, 0.1) is 0 Å². The summed E-state index contributed by atoms with van der Waals surface area (Å²) in [5.41, 5.74) is 1.76. The quantitative estimate of drug-likeness (QED) is 0.589. The number of amides is 1. The number of esters is 1. The second-order valence-corrected chi connectivity index (χ2v) is 4.43. The molecule has 114 valence electrons. The van der Waals surface area contributed by atoms with E-state index in [-0.39, 0.29) is 19.1 Å². The summed E-state index contributed by atoms with van der Waals surface area (Å²) >= 11 is 0. The third kappa shape index (κ3) is 5.79. The van der Waals surface area contributed by atoms with E-state index in [0.717, 1.165) is 17.7 Å². The van der Waals surface area contributed by atoms with E-state index in [1.165, 1.54) is 6.08 Å². The van der Waals surface area contributed by atoms with Crippen LogP contribution in [-0.2, 0) is 25.5 Å². The van der Waals surface area contributed by atoms with Gasteiger partial charge in [-0.2, -0.15) is 0 Å². The zero-order valence-electron chi connectivity index (χ0n) is 12.4. The van der Waals surface area contributed by atoms with E-state index in [1.54, 1.807) is 6.92 Å². The molecule has 0 aliphatic rings. The first-order valence-electron chi connectivity index (χ1n) is 6.85. The monoisotopic (exact) mass is 291 g/mol. The highest BCUT2D eigenvalue weighted by Crippen LogP contribution is 2.15. The molecule has 0 saturated carbocycles. The SMILES string of the molecule is C=CCOC(C)C(=O)OCC(=O)Nc1ccccc1CC. The lowest BCUT2D eigenvalue weighted by molar-refractivity contribution is -0.157. The maximum absolute atomic E-state index is 11.8. The summed E-state index contributed by atoms with van der Waals surface area (Å²) in [6.45, 7) is 6.98. The minimum atomic E-state index is -0.723.